The van der Waals surface area contributed by atoms with Gasteiger partial charge in [0.15, 0.2) is 0 Å². The lowest BCUT2D eigenvalue weighted by Gasteiger charge is -2.73. The molecule has 1 aromatic rings. The SMILES string of the molecule is C=C(C)[C@@H]1CC[C@]2(C(=O)N3CCC[C@H]3Cn3cccc3C)CC[C@]3(C)C(CC[C@@H]4[C@@]5(C)CC[C@H](OC(=O)[C@H]6C[C@@H](C(=O)O)C6(C)C)C(C)(C)[C@@H]5CC[C@]43C)[C@@H]12. The van der Waals surface area contributed by atoms with Crippen molar-refractivity contribution in [2.75, 3.05) is 6.54 Å². The van der Waals surface area contributed by atoms with Crippen molar-refractivity contribution in [1.29, 1.82) is 0 Å². The highest BCUT2D eigenvalue weighted by atomic mass is 16.5. The van der Waals surface area contributed by atoms with Gasteiger partial charge in [-0.2, -0.15) is 0 Å². The second-order valence-corrected chi connectivity index (χ2v) is 22.2. The van der Waals surface area contributed by atoms with Crippen molar-refractivity contribution >= 4 is 17.8 Å². The number of hydrogen-bond acceptors (Lipinski definition) is 4. The highest BCUT2D eigenvalue weighted by Gasteiger charge is 2.72. The maximum Gasteiger partial charge on any atom is 0.309 e. The molecule has 7 nitrogen and oxygen atoms in total. The molecule has 7 heteroatoms. The first-order valence-corrected chi connectivity index (χ1v) is 22.3. The Bertz CT molecular complexity index is 1740. The fourth-order valence-electron chi connectivity index (χ4n) is 16.2. The minimum absolute atomic E-state index is 0.144. The molecule has 2 heterocycles. The third-order valence-corrected chi connectivity index (χ3v) is 19.6. The number of carboxylic acids is 1. The molecular formula is C48H72N2O5. The van der Waals surface area contributed by atoms with Crippen LogP contribution < -0.4 is 0 Å². The van der Waals surface area contributed by atoms with Gasteiger partial charge in [-0.1, -0.05) is 60.6 Å². The monoisotopic (exact) mass is 757 g/mol. The van der Waals surface area contributed by atoms with Gasteiger partial charge in [0, 0.05) is 36.4 Å². The van der Waals surface area contributed by atoms with Crippen molar-refractivity contribution in [1.82, 2.24) is 9.47 Å². The van der Waals surface area contributed by atoms with Crippen LogP contribution in [-0.2, 0) is 25.7 Å². The standard InChI is InChI=1S/C48H72N2O5/c1-29(2)32-17-22-48(42(54)50-26-12-14-31(50)28-49-25-11-13-30(49)3)24-23-46(9)33(39(32)48)15-16-37-45(8)20-19-38(44(6,7)36(45)18-21-47(37,46)10)55-41(53)35-27-34(40(51)52)43(35,4)5/h11,13,25,31-39H,1,12,14-24,26-28H2,2-10H3,(H,51,52)/t31-,32-,33?,34-,35+,36-,37+,38-,39+,45-,46+,47+,48-/m0/s1. The Morgan fingerprint density at radius 2 is 1.60 bits per heavy atom. The second-order valence-electron chi connectivity index (χ2n) is 22.2. The van der Waals surface area contributed by atoms with Crippen molar-refractivity contribution in [3.8, 4) is 0 Å². The molecule has 55 heavy (non-hydrogen) atoms. The fourth-order valence-corrected chi connectivity index (χ4v) is 16.2. The molecular weight excluding hydrogens is 685 g/mol. The molecule has 0 spiro atoms. The maximum absolute atomic E-state index is 15.3. The number of likely N-dealkylation sites (tertiary alicyclic amines) is 1. The van der Waals surface area contributed by atoms with Crippen molar-refractivity contribution in [2.45, 2.75) is 164 Å². The lowest BCUT2D eigenvalue weighted by Crippen LogP contribution is -2.67. The highest BCUT2D eigenvalue weighted by Crippen LogP contribution is 2.78. The number of carboxylic acid groups (broad SMARTS) is 1. The summed E-state index contributed by atoms with van der Waals surface area (Å²) >= 11 is 0. The zero-order chi connectivity index (χ0) is 39.7. The molecule has 1 N–H and O–H groups in total. The van der Waals surface area contributed by atoms with E-state index in [2.05, 4.69) is 82.8 Å². The number of hydrogen-bond donors (Lipinski definition) is 1. The van der Waals surface area contributed by atoms with Gasteiger partial charge >= 0.3 is 11.9 Å². The number of nitrogens with zero attached hydrogens (tertiary/aromatic N) is 2. The molecule has 1 unspecified atom stereocenters. The van der Waals surface area contributed by atoms with Crippen molar-refractivity contribution in [2.24, 2.45) is 73.9 Å². The number of rotatable bonds is 7. The Morgan fingerprint density at radius 3 is 2.25 bits per heavy atom. The van der Waals surface area contributed by atoms with Gasteiger partial charge < -0.3 is 19.3 Å². The summed E-state index contributed by atoms with van der Waals surface area (Å²) in [5, 5.41) is 9.68. The Balaban J connectivity index is 1.04. The molecule has 0 bridgehead atoms. The second kappa shape index (κ2) is 13.0. The number of fused-ring (bicyclic) bond motifs is 7. The van der Waals surface area contributed by atoms with Gasteiger partial charge in [0.2, 0.25) is 5.91 Å². The average molecular weight is 757 g/mol. The van der Waals surface area contributed by atoms with E-state index in [0.29, 0.717) is 41.9 Å². The molecule has 1 aliphatic heterocycles. The summed E-state index contributed by atoms with van der Waals surface area (Å²) in [6, 6.07) is 4.58. The first-order valence-electron chi connectivity index (χ1n) is 22.3. The van der Waals surface area contributed by atoms with E-state index in [1.54, 1.807) is 0 Å². The van der Waals surface area contributed by atoms with Crippen LogP contribution in [0.5, 0.6) is 0 Å². The van der Waals surface area contributed by atoms with Gasteiger partial charge in [-0.3, -0.25) is 14.4 Å². The molecule has 6 aliphatic carbocycles. The minimum Gasteiger partial charge on any atom is -0.481 e. The minimum atomic E-state index is -0.811. The molecule has 1 aromatic heterocycles. The van der Waals surface area contributed by atoms with Crippen LogP contribution in [0.15, 0.2) is 30.5 Å². The van der Waals surface area contributed by atoms with E-state index in [-0.39, 0.29) is 51.1 Å². The summed E-state index contributed by atoms with van der Waals surface area (Å²) < 4.78 is 8.80. The van der Waals surface area contributed by atoms with Crippen LogP contribution in [0.4, 0.5) is 0 Å². The number of carbonyl (C=O) groups is 3. The Hall–Kier alpha value is -2.57. The van der Waals surface area contributed by atoms with Crippen molar-refractivity contribution in [3.63, 3.8) is 0 Å². The predicted molar refractivity (Wildman–Crippen MR) is 216 cm³/mol. The van der Waals surface area contributed by atoms with Crippen LogP contribution in [0.3, 0.4) is 0 Å². The normalized spacial score (nSPS) is 45.3. The van der Waals surface area contributed by atoms with E-state index in [9.17, 15) is 14.7 Å². The smallest absolute Gasteiger partial charge is 0.309 e. The van der Waals surface area contributed by atoms with Gasteiger partial charge in [-0.05, 0) is 161 Å². The van der Waals surface area contributed by atoms with Crippen LogP contribution in [0.1, 0.15) is 145 Å². The van der Waals surface area contributed by atoms with Crippen molar-refractivity contribution < 1.29 is 24.2 Å². The van der Waals surface area contributed by atoms with Gasteiger partial charge in [-0.15, -0.1) is 0 Å². The number of ether oxygens (including phenoxy) is 1. The molecule has 0 radical (unpaired) electrons. The van der Waals surface area contributed by atoms with E-state index in [4.69, 9.17) is 4.74 Å². The molecule has 0 aromatic carbocycles. The Kier molecular flexibility index (Phi) is 9.26. The summed E-state index contributed by atoms with van der Waals surface area (Å²) in [4.78, 5) is 43.1. The molecule has 8 rings (SSSR count). The average Bonchev–Trinajstić information content (AvgIpc) is 3.85. The zero-order valence-corrected chi connectivity index (χ0v) is 35.7. The maximum atomic E-state index is 15.3. The van der Waals surface area contributed by atoms with E-state index in [1.165, 1.54) is 30.5 Å². The third-order valence-electron chi connectivity index (χ3n) is 19.6. The Labute approximate surface area is 331 Å². The van der Waals surface area contributed by atoms with Crippen LogP contribution in [-0.4, -0.2) is 51.1 Å². The number of aliphatic carboxylic acids is 1. The number of amides is 1. The lowest BCUT2D eigenvalue weighted by molar-refractivity contribution is -0.251. The van der Waals surface area contributed by atoms with E-state index < -0.39 is 17.3 Å². The first-order chi connectivity index (χ1) is 25.7. The van der Waals surface area contributed by atoms with E-state index in [1.807, 2.05) is 13.8 Å². The number of allylic oxidation sites excluding steroid dienone is 1. The summed E-state index contributed by atoms with van der Waals surface area (Å²) in [5.41, 5.74) is 1.98. The van der Waals surface area contributed by atoms with E-state index in [0.717, 1.165) is 70.9 Å². The van der Waals surface area contributed by atoms with Gasteiger partial charge in [0.25, 0.3) is 0 Å². The summed E-state index contributed by atoms with van der Waals surface area (Å²) in [5.74, 6) is 0.920. The molecule has 7 fully saturated rings. The molecule has 1 amide bonds. The van der Waals surface area contributed by atoms with Crippen LogP contribution in [0.25, 0.3) is 0 Å². The van der Waals surface area contributed by atoms with Crippen LogP contribution in [0.2, 0.25) is 0 Å². The highest BCUT2D eigenvalue weighted by molar-refractivity contribution is 5.84. The largest absolute Gasteiger partial charge is 0.481 e. The van der Waals surface area contributed by atoms with E-state index >= 15 is 4.79 Å². The van der Waals surface area contributed by atoms with Crippen LogP contribution in [0, 0.1) is 80.8 Å². The van der Waals surface area contributed by atoms with Gasteiger partial charge in [-0.25, -0.2) is 0 Å². The number of carbonyl (C=O) groups excluding carboxylic acids is 2. The number of aryl methyl sites for hydroxylation is 1. The quantitative estimate of drug-likeness (QED) is 0.221. The summed E-state index contributed by atoms with van der Waals surface area (Å²) in [6.45, 7) is 27.3. The Morgan fingerprint density at radius 1 is 0.855 bits per heavy atom. The van der Waals surface area contributed by atoms with Crippen molar-refractivity contribution in [3.05, 3.63) is 36.2 Å². The number of aromatic nitrogens is 1. The third kappa shape index (κ3) is 5.41. The first kappa shape index (κ1) is 39.3. The number of esters is 1. The summed E-state index contributed by atoms with van der Waals surface area (Å²) in [7, 11) is 0. The van der Waals surface area contributed by atoms with Crippen LogP contribution >= 0.6 is 0 Å². The lowest BCUT2D eigenvalue weighted by atomic mass is 9.32. The zero-order valence-electron chi connectivity index (χ0n) is 35.7. The fraction of sp³-hybridized carbons (Fsp3) is 0.812. The summed E-state index contributed by atoms with van der Waals surface area (Å²) in [6.07, 6.45) is 15.5. The predicted octanol–water partition coefficient (Wildman–Crippen LogP) is 10.1. The topological polar surface area (TPSA) is 88.8 Å². The molecule has 7 aliphatic rings. The molecule has 1 saturated heterocycles. The van der Waals surface area contributed by atoms with Gasteiger partial charge in [0.05, 0.1) is 17.3 Å². The molecule has 6 saturated carbocycles. The molecule has 13 atom stereocenters. The van der Waals surface area contributed by atoms with Gasteiger partial charge in [0.1, 0.15) is 6.10 Å². The molecule has 304 valence electrons.